The first-order chi connectivity index (χ1) is 13.9. The zero-order chi connectivity index (χ0) is 23.8. The van der Waals surface area contributed by atoms with Gasteiger partial charge in [0.05, 0.1) is 10.6 Å². The van der Waals surface area contributed by atoms with Crippen LogP contribution in [-0.2, 0) is 30.3 Å². The summed E-state index contributed by atoms with van der Waals surface area (Å²) in [6.07, 6.45) is 0. The van der Waals surface area contributed by atoms with Crippen LogP contribution in [0.1, 0.15) is 84.6 Å². The largest absolute Gasteiger partial charge is 0.306 e. The maximum Gasteiger partial charge on any atom is 0.306 e. The van der Waals surface area contributed by atoms with E-state index in [1.807, 2.05) is 6.92 Å². The van der Waals surface area contributed by atoms with Crippen molar-refractivity contribution in [3.05, 3.63) is 58.7 Å². The smallest absolute Gasteiger partial charge is 0.203 e. The summed E-state index contributed by atoms with van der Waals surface area (Å²) in [5.74, 6) is 0. The minimum absolute atomic E-state index is 0.0124. The van der Waals surface area contributed by atoms with E-state index in [0.29, 0.717) is 0 Å². The Kier molecular flexibility index (Phi) is 7.27. The Morgan fingerprint density at radius 3 is 1.61 bits per heavy atom. The second-order valence-electron chi connectivity index (χ2n) is 11.2. The highest BCUT2D eigenvalue weighted by Gasteiger charge is 2.29. The molecule has 0 amide bonds. The third-order valence-electron chi connectivity index (χ3n) is 5.17. The quantitative estimate of drug-likeness (QED) is 0.434. The van der Waals surface area contributed by atoms with E-state index in [2.05, 4.69) is 79.2 Å². The second-order valence-corrected chi connectivity index (χ2v) is 13.5. The van der Waals surface area contributed by atoms with Crippen LogP contribution in [0.5, 0.6) is 0 Å². The van der Waals surface area contributed by atoms with Gasteiger partial charge in [-0.15, -0.1) is 0 Å². The van der Waals surface area contributed by atoms with E-state index in [1.165, 1.54) is 5.56 Å². The number of aryl methyl sites for hydroxylation is 1. The summed E-state index contributed by atoms with van der Waals surface area (Å²) in [5.41, 5.74) is 4.89. The summed E-state index contributed by atoms with van der Waals surface area (Å²) in [6, 6.07) is 11.0. The highest BCUT2D eigenvalue weighted by atomic mass is 32.2. The average Bonchev–Trinajstić information content (AvgIpc) is 2.59. The first-order valence-corrected chi connectivity index (χ1v) is 12.7. The van der Waals surface area contributed by atoms with Gasteiger partial charge in [0.15, 0.2) is 8.60 Å². The maximum atomic E-state index is 12.6. The minimum Gasteiger partial charge on any atom is -0.203 e. The van der Waals surface area contributed by atoms with Crippen LogP contribution in [0.4, 0.5) is 5.69 Å². The predicted octanol–water partition coefficient (Wildman–Crippen LogP) is 7.97. The number of hydrogen-bond donors (Lipinski definition) is 0. The molecule has 0 saturated carbocycles. The van der Waals surface area contributed by atoms with E-state index >= 15 is 0 Å². The van der Waals surface area contributed by atoms with Crippen molar-refractivity contribution < 1.29 is 12.4 Å². The standard InChI is InChI=1S/C25H36NO3PS/c1-17-11-13-19(14-12-17)31(27,28)29-30-26-22-20(24(5,6)7)15-18(23(2,3)4)16-21(22)25(8,9)10/h11-16H,1-10H3. The first-order valence-electron chi connectivity index (χ1n) is 10.5. The van der Waals surface area contributed by atoms with Gasteiger partial charge >= 0.3 is 10.1 Å². The maximum absolute atomic E-state index is 12.6. The van der Waals surface area contributed by atoms with Gasteiger partial charge in [-0.3, -0.25) is 0 Å². The molecule has 0 saturated heterocycles. The van der Waals surface area contributed by atoms with E-state index < -0.39 is 10.1 Å². The Bertz CT molecular complexity index is 1030. The molecule has 0 radical (unpaired) electrons. The van der Waals surface area contributed by atoms with Crippen LogP contribution in [0.2, 0.25) is 0 Å². The van der Waals surface area contributed by atoms with Crippen LogP contribution in [0.3, 0.4) is 0 Å². The van der Waals surface area contributed by atoms with Crippen LogP contribution in [0.15, 0.2) is 46.0 Å². The van der Waals surface area contributed by atoms with Crippen molar-refractivity contribution >= 4 is 24.4 Å². The fraction of sp³-hybridized carbons (Fsp3) is 0.520. The van der Waals surface area contributed by atoms with E-state index in [4.69, 9.17) is 3.97 Å². The number of rotatable bonds is 4. The van der Waals surface area contributed by atoms with Gasteiger partial charge < -0.3 is 0 Å². The number of hydrogen-bond acceptors (Lipinski definition) is 4. The zero-order valence-corrected chi connectivity index (χ0v) is 22.2. The molecule has 31 heavy (non-hydrogen) atoms. The van der Waals surface area contributed by atoms with Crippen molar-refractivity contribution in [2.24, 2.45) is 4.74 Å². The topological polar surface area (TPSA) is 55.7 Å². The molecule has 0 heterocycles. The normalized spacial score (nSPS) is 13.7. The minimum atomic E-state index is -3.88. The lowest BCUT2D eigenvalue weighted by Gasteiger charge is -2.31. The van der Waals surface area contributed by atoms with Crippen LogP contribution < -0.4 is 0 Å². The number of nitrogens with zero attached hydrogens (tertiary/aromatic N) is 1. The summed E-state index contributed by atoms with van der Waals surface area (Å²) >= 11 is 0. The molecule has 0 fully saturated rings. The highest BCUT2D eigenvalue weighted by Crippen LogP contribution is 2.44. The Morgan fingerprint density at radius 2 is 1.23 bits per heavy atom. The molecule has 0 atom stereocenters. The van der Waals surface area contributed by atoms with Crippen molar-refractivity contribution in [1.82, 2.24) is 0 Å². The molecule has 170 valence electrons. The summed E-state index contributed by atoms with van der Waals surface area (Å²) in [6.45, 7) is 21.4. The molecule has 0 aromatic heterocycles. The van der Waals surface area contributed by atoms with Gasteiger partial charge in [-0.25, -0.2) is 4.74 Å². The fourth-order valence-electron chi connectivity index (χ4n) is 3.17. The molecule has 2 rings (SSSR count). The van der Waals surface area contributed by atoms with E-state index in [9.17, 15) is 8.42 Å². The lowest BCUT2D eigenvalue weighted by atomic mass is 9.74. The third-order valence-corrected chi connectivity index (χ3v) is 7.36. The summed E-state index contributed by atoms with van der Waals surface area (Å²) in [5, 5.41) is 0. The molecule has 2 aromatic rings. The first kappa shape index (κ1) is 25.7. The van der Waals surface area contributed by atoms with Gasteiger partial charge in [0, 0.05) is 0 Å². The Labute approximate surface area is 190 Å². The molecule has 0 spiro atoms. The molecule has 0 aliphatic carbocycles. The lowest BCUT2D eigenvalue weighted by molar-refractivity contribution is 0.515. The summed E-state index contributed by atoms with van der Waals surface area (Å²) in [4.78, 5) is 0.135. The van der Waals surface area contributed by atoms with Gasteiger partial charge in [-0.1, -0.05) is 92.1 Å². The fourth-order valence-corrected chi connectivity index (χ4v) is 4.76. The van der Waals surface area contributed by atoms with Crippen molar-refractivity contribution in [2.45, 2.75) is 90.4 Å². The average molecular weight is 462 g/mol. The number of benzene rings is 2. The van der Waals surface area contributed by atoms with Gasteiger partial charge in [0.1, 0.15) is 0 Å². The molecular weight excluding hydrogens is 425 g/mol. The van der Waals surface area contributed by atoms with E-state index in [0.717, 1.165) is 22.4 Å². The van der Waals surface area contributed by atoms with Crippen molar-refractivity contribution in [3.8, 4) is 0 Å². The lowest BCUT2D eigenvalue weighted by Crippen LogP contribution is -2.21. The zero-order valence-electron chi connectivity index (χ0n) is 20.5. The molecule has 0 N–H and O–H groups in total. The molecule has 6 heteroatoms. The molecule has 2 aromatic carbocycles. The SMILES string of the molecule is Cc1ccc(S(=O)(=O)OP=Nc2c(C(C)(C)C)cc(C(C)(C)C)cc2C(C)(C)C)cc1. The van der Waals surface area contributed by atoms with Crippen LogP contribution >= 0.6 is 8.60 Å². The summed E-state index contributed by atoms with van der Waals surface area (Å²) in [7, 11) is -3.84. The van der Waals surface area contributed by atoms with Crippen molar-refractivity contribution in [2.75, 3.05) is 0 Å². The Hall–Kier alpha value is -1.55. The molecule has 0 aliphatic rings. The molecule has 4 nitrogen and oxygen atoms in total. The Balaban J connectivity index is 2.59. The van der Waals surface area contributed by atoms with E-state index in [-0.39, 0.29) is 29.7 Å². The van der Waals surface area contributed by atoms with Crippen LogP contribution in [-0.4, -0.2) is 8.42 Å². The van der Waals surface area contributed by atoms with Gasteiger partial charge in [0.25, 0.3) is 0 Å². The highest BCUT2D eigenvalue weighted by molar-refractivity contribution is 7.89. The molecule has 0 unspecified atom stereocenters. The van der Waals surface area contributed by atoms with Crippen LogP contribution in [0.25, 0.3) is 0 Å². The van der Waals surface area contributed by atoms with Crippen molar-refractivity contribution in [3.63, 3.8) is 0 Å². The van der Waals surface area contributed by atoms with Crippen LogP contribution in [0, 0.1) is 6.92 Å². The second kappa shape index (κ2) is 8.77. The molecule has 0 bridgehead atoms. The Morgan fingerprint density at radius 1 is 0.774 bits per heavy atom. The molecule has 0 aliphatic heterocycles. The van der Waals surface area contributed by atoms with E-state index in [1.54, 1.807) is 24.3 Å². The third kappa shape index (κ3) is 6.47. The monoisotopic (exact) mass is 461 g/mol. The van der Waals surface area contributed by atoms with Gasteiger partial charge in [-0.2, -0.15) is 12.4 Å². The van der Waals surface area contributed by atoms with Gasteiger partial charge in [-0.05, 0) is 52.0 Å². The summed E-state index contributed by atoms with van der Waals surface area (Å²) < 4.78 is 35.1. The molecular formula is C25H36NO3PS. The predicted molar refractivity (Wildman–Crippen MR) is 131 cm³/mol. The van der Waals surface area contributed by atoms with Gasteiger partial charge in [0.2, 0.25) is 0 Å². The van der Waals surface area contributed by atoms with Crippen molar-refractivity contribution in [1.29, 1.82) is 0 Å².